The summed E-state index contributed by atoms with van der Waals surface area (Å²) in [6.45, 7) is 2.23. The second-order valence-corrected chi connectivity index (χ2v) is 4.97. The molecule has 1 N–H and O–H groups in total. The Balaban J connectivity index is 1.94. The second-order valence-electron chi connectivity index (χ2n) is 4.97. The molecule has 0 aliphatic carbocycles. The Morgan fingerprint density at radius 1 is 0.900 bits per heavy atom. The van der Waals surface area contributed by atoms with Crippen LogP contribution in [0.5, 0.6) is 0 Å². The first-order valence-electron chi connectivity index (χ1n) is 7.18. The first-order chi connectivity index (χ1) is 9.81. The summed E-state index contributed by atoms with van der Waals surface area (Å²) < 4.78 is 0. The molecule has 2 rings (SSSR count). The number of aryl methyl sites for hydroxylation is 1. The normalized spacial score (nSPS) is 10.0. The van der Waals surface area contributed by atoms with Crippen LogP contribution in [0.2, 0.25) is 0 Å². The van der Waals surface area contributed by atoms with Crippen LogP contribution < -0.4 is 5.32 Å². The number of benzene rings is 2. The topological polar surface area (TPSA) is 35.8 Å². The quantitative estimate of drug-likeness (QED) is 0.742. The fraction of sp³-hybridized carbons (Fsp3) is 0.278. The van der Waals surface area contributed by atoms with Gasteiger partial charge in [-0.15, -0.1) is 0 Å². The predicted molar refractivity (Wildman–Crippen MR) is 84.1 cm³/mol. The molecule has 0 aliphatic heterocycles. The van der Waals surface area contributed by atoms with Crippen LogP contribution in [0.3, 0.4) is 0 Å². The molecule has 0 unspecified atom stereocenters. The van der Waals surface area contributed by atoms with Crippen molar-refractivity contribution in [3.63, 3.8) is 0 Å². The number of unbranched alkanes of at least 4 members (excludes halogenated alkanes) is 2. The molecule has 2 aromatic carbocycles. The smallest absolute Gasteiger partial charge is 0.0991 e. The van der Waals surface area contributed by atoms with E-state index in [2.05, 4.69) is 42.6 Å². The maximum Gasteiger partial charge on any atom is 0.0991 e. The number of rotatable bonds is 6. The number of nitriles is 1. The Morgan fingerprint density at radius 2 is 1.50 bits per heavy atom. The van der Waals surface area contributed by atoms with Crippen LogP contribution in [-0.2, 0) is 6.42 Å². The molecule has 0 fully saturated rings. The van der Waals surface area contributed by atoms with Gasteiger partial charge in [-0.2, -0.15) is 5.26 Å². The molecule has 2 aromatic rings. The SMILES string of the molecule is CCCCCc1ccc(Nc2ccc(C#N)cc2)cc1. The Kier molecular flexibility index (Phi) is 5.20. The van der Waals surface area contributed by atoms with E-state index in [9.17, 15) is 0 Å². The van der Waals surface area contributed by atoms with Crippen LogP contribution in [0, 0.1) is 11.3 Å². The molecule has 0 radical (unpaired) electrons. The highest BCUT2D eigenvalue weighted by Gasteiger charge is 1.97. The van der Waals surface area contributed by atoms with E-state index in [-0.39, 0.29) is 0 Å². The summed E-state index contributed by atoms with van der Waals surface area (Å²) in [5.41, 5.74) is 4.15. The van der Waals surface area contributed by atoms with E-state index in [0.29, 0.717) is 5.56 Å². The minimum atomic E-state index is 0.682. The average Bonchev–Trinajstić information content (AvgIpc) is 2.50. The molecule has 0 amide bonds. The van der Waals surface area contributed by atoms with Gasteiger partial charge in [-0.3, -0.25) is 0 Å². The van der Waals surface area contributed by atoms with Gasteiger partial charge in [0.25, 0.3) is 0 Å². The van der Waals surface area contributed by atoms with Crippen molar-refractivity contribution in [2.45, 2.75) is 32.6 Å². The van der Waals surface area contributed by atoms with Gasteiger partial charge in [0.05, 0.1) is 11.6 Å². The Labute approximate surface area is 121 Å². The average molecular weight is 264 g/mol. The first-order valence-corrected chi connectivity index (χ1v) is 7.18. The number of hydrogen-bond donors (Lipinski definition) is 1. The molecule has 0 atom stereocenters. The maximum atomic E-state index is 8.77. The van der Waals surface area contributed by atoms with E-state index >= 15 is 0 Å². The third-order valence-electron chi connectivity index (χ3n) is 3.33. The summed E-state index contributed by atoms with van der Waals surface area (Å²) in [5, 5.41) is 12.1. The molecule has 2 heteroatoms. The lowest BCUT2D eigenvalue weighted by Gasteiger charge is -2.07. The molecule has 0 bridgehead atoms. The van der Waals surface area contributed by atoms with E-state index < -0.39 is 0 Å². The number of anilines is 2. The van der Waals surface area contributed by atoms with E-state index in [1.165, 1.54) is 24.8 Å². The Hall–Kier alpha value is -2.27. The zero-order valence-corrected chi connectivity index (χ0v) is 11.9. The van der Waals surface area contributed by atoms with E-state index in [1.54, 1.807) is 0 Å². The standard InChI is InChI=1S/C18H20N2/c1-2-3-4-5-15-6-10-17(11-7-15)20-18-12-8-16(14-19)9-13-18/h6-13,20H,2-5H2,1H3. The Morgan fingerprint density at radius 3 is 2.05 bits per heavy atom. The molecule has 0 saturated heterocycles. The highest BCUT2D eigenvalue weighted by atomic mass is 14.9. The lowest BCUT2D eigenvalue weighted by atomic mass is 10.1. The summed E-state index contributed by atoms with van der Waals surface area (Å²) >= 11 is 0. The highest BCUT2D eigenvalue weighted by Crippen LogP contribution is 2.18. The summed E-state index contributed by atoms with van der Waals surface area (Å²) in [6.07, 6.45) is 4.98. The number of nitrogens with one attached hydrogen (secondary N) is 1. The van der Waals surface area contributed by atoms with Crippen molar-refractivity contribution in [1.29, 1.82) is 5.26 Å². The molecule has 0 saturated carbocycles. The van der Waals surface area contributed by atoms with Gasteiger partial charge in [0.2, 0.25) is 0 Å². The van der Waals surface area contributed by atoms with Crippen molar-refractivity contribution in [2.24, 2.45) is 0 Å². The van der Waals surface area contributed by atoms with Gasteiger partial charge < -0.3 is 5.32 Å². The molecular weight excluding hydrogens is 244 g/mol. The lowest BCUT2D eigenvalue weighted by molar-refractivity contribution is 0.717. The minimum Gasteiger partial charge on any atom is -0.356 e. The van der Waals surface area contributed by atoms with Crippen LogP contribution in [0.15, 0.2) is 48.5 Å². The van der Waals surface area contributed by atoms with Gasteiger partial charge in [0.1, 0.15) is 0 Å². The highest BCUT2D eigenvalue weighted by molar-refractivity contribution is 5.60. The molecule has 0 spiro atoms. The monoisotopic (exact) mass is 264 g/mol. The van der Waals surface area contributed by atoms with E-state index in [0.717, 1.165) is 17.8 Å². The summed E-state index contributed by atoms with van der Waals surface area (Å²) in [7, 11) is 0. The van der Waals surface area contributed by atoms with Crippen molar-refractivity contribution >= 4 is 11.4 Å². The van der Waals surface area contributed by atoms with Crippen LogP contribution in [0.25, 0.3) is 0 Å². The predicted octanol–water partition coefficient (Wildman–Crippen LogP) is 5.03. The van der Waals surface area contributed by atoms with Crippen molar-refractivity contribution in [3.05, 3.63) is 59.7 Å². The lowest BCUT2D eigenvalue weighted by Crippen LogP contribution is -1.91. The van der Waals surface area contributed by atoms with Crippen molar-refractivity contribution in [3.8, 4) is 6.07 Å². The summed E-state index contributed by atoms with van der Waals surface area (Å²) in [4.78, 5) is 0. The Bertz CT molecular complexity index is 562. The number of hydrogen-bond acceptors (Lipinski definition) is 2. The zero-order chi connectivity index (χ0) is 14.2. The molecule has 0 heterocycles. The van der Waals surface area contributed by atoms with Crippen molar-refractivity contribution in [1.82, 2.24) is 0 Å². The minimum absolute atomic E-state index is 0.682. The fourth-order valence-corrected chi connectivity index (χ4v) is 2.13. The zero-order valence-electron chi connectivity index (χ0n) is 11.9. The third-order valence-corrected chi connectivity index (χ3v) is 3.33. The van der Waals surface area contributed by atoms with Crippen LogP contribution in [0.1, 0.15) is 37.3 Å². The number of nitrogens with zero attached hydrogens (tertiary/aromatic N) is 1. The largest absolute Gasteiger partial charge is 0.356 e. The summed E-state index contributed by atoms with van der Waals surface area (Å²) in [6, 6.07) is 18.2. The van der Waals surface area contributed by atoms with Crippen molar-refractivity contribution < 1.29 is 0 Å². The van der Waals surface area contributed by atoms with Gasteiger partial charge in [0.15, 0.2) is 0 Å². The second kappa shape index (κ2) is 7.35. The molecule has 102 valence electrons. The van der Waals surface area contributed by atoms with Gasteiger partial charge in [-0.25, -0.2) is 0 Å². The van der Waals surface area contributed by atoms with E-state index in [4.69, 9.17) is 5.26 Å². The van der Waals surface area contributed by atoms with E-state index in [1.807, 2.05) is 24.3 Å². The molecule has 0 aromatic heterocycles. The molecule has 20 heavy (non-hydrogen) atoms. The first kappa shape index (κ1) is 14.1. The van der Waals surface area contributed by atoms with Crippen LogP contribution in [-0.4, -0.2) is 0 Å². The molecule has 0 aliphatic rings. The van der Waals surface area contributed by atoms with Crippen molar-refractivity contribution in [2.75, 3.05) is 5.32 Å². The molecular formula is C18H20N2. The molecule has 2 nitrogen and oxygen atoms in total. The maximum absolute atomic E-state index is 8.77. The van der Waals surface area contributed by atoms with Crippen LogP contribution >= 0.6 is 0 Å². The van der Waals surface area contributed by atoms with Gasteiger partial charge in [-0.05, 0) is 54.8 Å². The van der Waals surface area contributed by atoms with Gasteiger partial charge in [-0.1, -0.05) is 31.9 Å². The van der Waals surface area contributed by atoms with Crippen LogP contribution in [0.4, 0.5) is 11.4 Å². The van der Waals surface area contributed by atoms with Gasteiger partial charge >= 0.3 is 0 Å². The summed E-state index contributed by atoms with van der Waals surface area (Å²) in [5.74, 6) is 0. The fourth-order valence-electron chi connectivity index (χ4n) is 2.13. The van der Waals surface area contributed by atoms with Gasteiger partial charge in [0, 0.05) is 11.4 Å². The third kappa shape index (κ3) is 4.13.